The summed E-state index contributed by atoms with van der Waals surface area (Å²) >= 11 is 0. The summed E-state index contributed by atoms with van der Waals surface area (Å²) in [6.07, 6.45) is 1.78. The maximum Gasteiger partial charge on any atom is 0.333 e. The van der Waals surface area contributed by atoms with Gasteiger partial charge in [0.2, 0.25) is 0 Å². The summed E-state index contributed by atoms with van der Waals surface area (Å²) in [6, 6.07) is 0. The van der Waals surface area contributed by atoms with Gasteiger partial charge in [0.15, 0.2) is 0 Å². The van der Waals surface area contributed by atoms with Crippen LogP contribution in [0.2, 0.25) is 0 Å². The normalized spacial score (nSPS) is 13.7. The van der Waals surface area contributed by atoms with E-state index < -0.39 is 17.4 Å². The summed E-state index contributed by atoms with van der Waals surface area (Å²) in [5, 5.41) is 9.10. The molecule has 5 nitrogen and oxygen atoms in total. The van der Waals surface area contributed by atoms with Gasteiger partial charge in [0, 0.05) is 12.7 Å². The van der Waals surface area contributed by atoms with Gasteiger partial charge in [-0.1, -0.05) is 6.58 Å². The molecular weight excluding hydrogens is 236 g/mol. The predicted molar refractivity (Wildman–Crippen MR) is 67.2 cm³/mol. The fraction of sp³-hybridized carbons (Fsp3) is 0.692. The summed E-state index contributed by atoms with van der Waals surface area (Å²) in [6.45, 7) is 7.17. The highest BCUT2D eigenvalue weighted by atomic mass is 16.5. The Bertz CT molecular complexity index is 311. The van der Waals surface area contributed by atoms with Crippen LogP contribution in [0.4, 0.5) is 0 Å². The molecule has 0 saturated heterocycles. The second-order valence-corrected chi connectivity index (χ2v) is 4.67. The van der Waals surface area contributed by atoms with Crippen molar-refractivity contribution < 1.29 is 24.2 Å². The van der Waals surface area contributed by atoms with Crippen LogP contribution >= 0.6 is 0 Å². The minimum Gasteiger partial charge on any atom is -0.481 e. The number of rotatable bonds is 9. The molecule has 5 heteroatoms. The van der Waals surface area contributed by atoms with E-state index in [9.17, 15) is 9.59 Å². The van der Waals surface area contributed by atoms with Crippen molar-refractivity contribution in [2.24, 2.45) is 5.41 Å². The van der Waals surface area contributed by atoms with Gasteiger partial charge in [0.05, 0.1) is 18.6 Å². The highest BCUT2D eigenvalue weighted by Gasteiger charge is 2.32. The summed E-state index contributed by atoms with van der Waals surface area (Å²) < 4.78 is 9.84. The van der Waals surface area contributed by atoms with E-state index in [0.29, 0.717) is 24.8 Å². The van der Waals surface area contributed by atoms with Crippen LogP contribution in [-0.4, -0.2) is 37.4 Å². The molecule has 0 radical (unpaired) electrons. The first-order valence-electron chi connectivity index (χ1n) is 5.88. The maximum atomic E-state index is 11.1. The Balaban J connectivity index is 3.91. The molecule has 0 aliphatic heterocycles. The molecule has 0 aromatic rings. The number of carboxylic acid groups (broad SMARTS) is 1. The van der Waals surface area contributed by atoms with E-state index in [-0.39, 0.29) is 13.2 Å². The number of carbonyl (C=O) groups excluding carboxylic acids is 1. The van der Waals surface area contributed by atoms with Crippen molar-refractivity contribution in [1.82, 2.24) is 0 Å². The minimum absolute atomic E-state index is 0.174. The second-order valence-electron chi connectivity index (χ2n) is 4.67. The number of carbonyl (C=O) groups is 2. The van der Waals surface area contributed by atoms with E-state index >= 15 is 0 Å². The monoisotopic (exact) mass is 258 g/mol. The van der Waals surface area contributed by atoms with Crippen molar-refractivity contribution in [2.45, 2.75) is 33.1 Å². The lowest BCUT2D eigenvalue weighted by Gasteiger charge is -2.23. The molecule has 0 saturated carbocycles. The average Bonchev–Trinajstić information content (AvgIpc) is 2.28. The van der Waals surface area contributed by atoms with Gasteiger partial charge >= 0.3 is 11.9 Å². The molecule has 0 heterocycles. The van der Waals surface area contributed by atoms with Gasteiger partial charge < -0.3 is 14.6 Å². The zero-order valence-electron chi connectivity index (χ0n) is 11.3. The average molecular weight is 258 g/mol. The summed E-state index contributed by atoms with van der Waals surface area (Å²) in [5.74, 6) is -1.28. The van der Waals surface area contributed by atoms with Gasteiger partial charge in [-0.3, -0.25) is 4.79 Å². The van der Waals surface area contributed by atoms with E-state index in [1.54, 1.807) is 13.8 Å². The Morgan fingerprint density at radius 1 is 1.33 bits per heavy atom. The van der Waals surface area contributed by atoms with E-state index in [1.807, 2.05) is 0 Å². The van der Waals surface area contributed by atoms with Crippen molar-refractivity contribution >= 4 is 11.9 Å². The van der Waals surface area contributed by atoms with Crippen LogP contribution in [0.15, 0.2) is 12.2 Å². The number of hydrogen-bond acceptors (Lipinski definition) is 4. The number of methoxy groups -OCH3 is 1. The molecule has 1 atom stereocenters. The summed E-state index contributed by atoms with van der Waals surface area (Å²) in [4.78, 5) is 22.2. The molecule has 0 aliphatic rings. The third-order valence-corrected chi connectivity index (χ3v) is 2.68. The molecule has 0 aliphatic carbocycles. The number of aliphatic carboxylic acids is 1. The topological polar surface area (TPSA) is 72.8 Å². The van der Waals surface area contributed by atoms with Crippen LogP contribution in [-0.2, 0) is 19.1 Å². The van der Waals surface area contributed by atoms with Crippen LogP contribution in [0.5, 0.6) is 0 Å². The largest absolute Gasteiger partial charge is 0.481 e. The highest BCUT2D eigenvalue weighted by Crippen LogP contribution is 2.24. The number of hydrogen-bond donors (Lipinski definition) is 1. The molecule has 0 aromatic carbocycles. The van der Waals surface area contributed by atoms with Gasteiger partial charge in [0.25, 0.3) is 0 Å². The lowest BCUT2D eigenvalue weighted by Crippen LogP contribution is -2.32. The molecule has 18 heavy (non-hydrogen) atoms. The predicted octanol–water partition coefficient (Wildman–Crippen LogP) is 2.01. The molecule has 0 bridgehead atoms. The van der Waals surface area contributed by atoms with Gasteiger partial charge in [-0.15, -0.1) is 0 Å². The van der Waals surface area contributed by atoms with Gasteiger partial charge in [0.1, 0.15) is 0 Å². The van der Waals surface area contributed by atoms with Crippen molar-refractivity contribution in [3.63, 3.8) is 0 Å². The van der Waals surface area contributed by atoms with E-state index in [4.69, 9.17) is 14.6 Å². The van der Waals surface area contributed by atoms with Crippen molar-refractivity contribution in [3.05, 3.63) is 12.2 Å². The minimum atomic E-state index is -0.882. The number of unbranched alkanes of at least 4 members (excludes halogenated alkanes) is 1. The Morgan fingerprint density at radius 2 is 1.94 bits per heavy atom. The van der Waals surface area contributed by atoms with Crippen LogP contribution in [0, 0.1) is 5.41 Å². The van der Waals surface area contributed by atoms with Crippen molar-refractivity contribution in [3.8, 4) is 0 Å². The quantitative estimate of drug-likeness (QED) is 0.389. The second kappa shape index (κ2) is 7.87. The lowest BCUT2D eigenvalue weighted by molar-refractivity contribution is -0.152. The zero-order valence-corrected chi connectivity index (χ0v) is 11.3. The molecule has 1 unspecified atom stereocenters. The van der Waals surface area contributed by atoms with Crippen LogP contribution in [0.25, 0.3) is 0 Å². The van der Waals surface area contributed by atoms with Crippen LogP contribution in [0.1, 0.15) is 33.1 Å². The third kappa shape index (κ3) is 5.82. The summed E-state index contributed by atoms with van der Waals surface area (Å²) in [5.41, 5.74) is -0.516. The van der Waals surface area contributed by atoms with Gasteiger partial charge in [-0.05, 0) is 33.1 Å². The molecular formula is C13H22O5. The Morgan fingerprint density at radius 3 is 2.39 bits per heavy atom. The van der Waals surface area contributed by atoms with E-state index in [2.05, 4.69) is 6.58 Å². The fourth-order valence-corrected chi connectivity index (χ4v) is 1.46. The van der Waals surface area contributed by atoms with Gasteiger partial charge in [-0.2, -0.15) is 0 Å². The van der Waals surface area contributed by atoms with E-state index in [1.165, 1.54) is 7.11 Å². The Labute approximate surface area is 108 Å². The fourth-order valence-electron chi connectivity index (χ4n) is 1.46. The SMILES string of the molecule is C=C(C)C(=O)OCCCCC(C)(COC)C(=O)O. The summed E-state index contributed by atoms with van der Waals surface area (Å²) in [7, 11) is 1.48. The molecule has 0 spiro atoms. The Hall–Kier alpha value is -1.36. The first-order valence-corrected chi connectivity index (χ1v) is 5.88. The number of ether oxygens (including phenoxy) is 2. The van der Waals surface area contributed by atoms with Crippen LogP contribution < -0.4 is 0 Å². The molecule has 0 fully saturated rings. The third-order valence-electron chi connectivity index (χ3n) is 2.68. The Kier molecular flexibility index (Phi) is 7.27. The van der Waals surface area contributed by atoms with Crippen molar-refractivity contribution in [1.29, 1.82) is 0 Å². The van der Waals surface area contributed by atoms with Crippen LogP contribution in [0.3, 0.4) is 0 Å². The van der Waals surface area contributed by atoms with E-state index in [0.717, 1.165) is 0 Å². The lowest BCUT2D eigenvalue weighted by atomic mass is 9.86. The first-order chi connectivity index (χ1) is 8.33. The first kappa shape index (κ1) is 16.6. The zero-order chi connectivity index (χ0) is 14.2. The van der Waals surface area contributed by atoms with Gasteiger partial charge in [-0.25, -0.2) is 4.79 Å². The molecule has 0 rings (SSSR count). The molecule has 0 amide bonds. The number of esters is 1. The van der Waals surface area contributed by atoms with Crippen molar-refractivity contribution in [2.75, 3.05) is 20.3 Å². The maximum absolute atomic E-state index is 11.1. The molecule has 1 N–H and O–H groups in total. The highest BCUT2D eigenvalue weighted by molar-refractivity contribution is 5.86. The molecule has 0 aromatic heterocycles. The number of carboxylic acids is 1. The molecule has 104 valence electrons. The standard InChI is InChI=1S/C13H22O5/c1-10(2)11(14)18-8-6-5-7-13(3,9-17-4)12(15)16/h1,5-9H2,2-4H3,(H,15,16). The smallest absolute Gasteiger partial charge is 0.333 e.